The number of hydrazine groups is 1. The minimum absolute atomic E-state index is 0.363. The number of rotatable bonds is 9. The molecule has 1 aromatic heterocycles. The fourth-order valence-electron chi connectivity index (χ4n) is 1.49. The maximum atomic E-state index is 5.98. The Bertz CT molecular complexity index is 350. The second kappa shape index (κ2) is 9.24. The molecule has 0 saturated carbocycles. The van der Waals surface area contributed by atoms with E-state index in [-0.39, 0.29) is 0 Å². The molecule has 0 aliphatic heterocycles. The lowest BCUT2D eigenvalue weighted by atomic mass is 10.2. The summed E-state index contributed by atoms with van der Waals surface area (Å²) in [6.45, 7) is 0.861. The molecule has 4 N–H and O–H groups in total. The van der Waals surface area contributed by atoms with E-state index in [1.165, 1.54) is 31.2 Å². The lowest BCUT2D eigenvalue weighted by Gasteiger charge is -2.08. The molecular weight excluding hydrogens is 270 g/mol. The Morgan fingerprint density at radius 2 is 2.11 bits per heavy atom. The predicted molar refractivity (Wildman–Crippen MR) is 80.2 cm³/mol. The van der Waals surface area contributed by atoms with Crippen molar-refractivity contribution >= 4 is 35.1 Å². The van der Waals surface area contributed by atoms with Crippen LogP contribution in [-0.2, 0) is 0 Å². The summed E-state index contributed by atoms with van der Waals surface area (Å²) >= 11 is 7.88. The summed E-state index contributed by atoms with van der Waals surface area (Å²) < 4.78 is 0. The molecule has 0 bridgehead atoms. The Morgan fingerprint density at radius 3 is 2.83 bits per heavy atom. The highest BCUT2D eigenvalue weighted by Crippen LogP contribution is 2.19. The van der Waals surface area contributed by atoms with Crippen LogP contribution < -0.4 is 16.6 Å². The van der Waals surface area contributed by atoms with Crippen LogP contribution in [-0.4, -0.2) is 28.5 Å². The number of nitrogen functional groups attached to an aromatic ring is 1. The van der Waals surface area contributed by atoms with Crippen LogP contribution in [0.5, 0.6) is 0 Å². The number of aromatic nitrogens is 2. The zero-order valence-electron chi connectivity index (χ0n) is 10.6. The topological polar surface area (TPSA) is 75.9 Å². The minimum atomic E-state index is 0.363. The fourth-order valence-corrected chi connectivity index (χ4v) is 2.14. The third-order valence-electron chi connectivity index (χ3n) is 2.44. The normalized spacial score (nSPS) is 10.4. The van der Waals surface area contributed by atoms with Crippen LogP contribution >= 0.6 is 23.4 Å². The number of anilines is 2. The molecule has 0 aliphatic rings. The monoisotopic (exact) mass is 289 g/mol. The zero-order valence-corrected chi connectivity index (χ0v) is 12.2. The lowest BCUT2D eigenvalue weighted by Crippen LogP contribution is -2.12. The van der Waals surface area contributed by atoms with Gasteiger partial charge in [0.1, 0.15) is 5.02 Å². The van der Waals surface area contributed by atoms with Crippen molar-refractivity contribution in [1.82, 2.24) is 9.97 Å². The van der Waals surface area contributed by atoms with Crippen molar-refractivity contribution in [2.45, 2.75) is 25.7 Å². The van der Waals surface area contributed by atoms with Crippen molar-refractivity contribution in [2.75, 3.05) is 29.3 Å². The molecule has 102 valence electrons. The molecule has 0 spiro atoms. The van der Waals surface area contributed by atoms with E-state index < -0.39 is 0 Å². The van der Waals surface area contributed by atoms with Gasteiger partial charge in [0.25, 0.3) is 0 Å². The van der Waals surface area contributed by atoms with Gasteiger partial charge in [-0.3, -0.25) is 5.43 Å². The van der Waals surface area contributed by atoms with Gasteiger partial charge in [-0.25, -0.2) is 10.8 Å². The standard InChI is InChI=1S/C11H20ClN5S/c1-18-7-5-3-2-4-6-14-10-9(12)8-15-11(16-10)17-13/h8H,2-7,13H2,1H3,(H2,14,15,16,17). The van der Waals surface area contributed by atoms with Gasteiger partial charge >= 0.3 is 0 Å². The maximum Gasteiger partial charge on any atom is 0.239 e. The average molecular weight is 290 g/mol. The lowest BCUT2D eigenvalue weighted by molar-refractivity contribution is 0.688. The number of nitrogens with two attached hydrogens (primary N) is 1. The average Bonchev–Trinajstić information content (AvgIpc) is 2.39. The summed E-state index contributed by atoms with van der Waals surface area (Å²) in [4.78, 5) is 8.06. The highest BCUT2D eigenvalue weighted by molar-refractivity contribution is 7.98. The third kappa shape index (κ3) is 5.75. The molecule has 0 unspecified atom stereocenters. The Labute approximate surface area is 117 Å². The van der Waals surface area contributed by atoms with Gasteiger partial charge in [-0.2, -0.15) is 16.7 Å². The first kappa shape index (κ1) is 15.3. The molecule has 5 nitrogen and oxygen atoms in total. The van der Waals surface area contributed by atoms with E-state index in [4.69, 9.17) is 17.4 Å². The van der Waals surface area contributed by atoms with Crippen molar-refractivity contribution in [3.8, 4) is 0 Å². The Kier molecular flexibility index (Phi) is 7.88. The van der Waals surface area contributed by atoms with E-state index in [1.807, 2.05) is 11.8 Å². The first-order chi connectivity index (χ1) is 8.77. The quantitative estimate of drug-likeness (QED) is 0.369. The first-order valence-corrected chi connectivity index (χ1v) is 7.77. The Morgan fingerprint density at radius 1 is 1.33 bits per heavy atom. The van der Waals surface area contributed by atoms with Gasteiger partial charge in [-0.05, 0) is 24.9 Å². The number of halogens is 1. The number of hydrogen-bond acceptors (Lipinski definition) is 6. The highest BCUT2D eigenvalue weighted by Gasteiger charge is 2.03. The Hall–Kier alpha value is -0.720. The van der Waals surface area contributed by atoms with E-state index in [1.54, 1.807) is 0 Å². The summed E-state index contributed by atoms with van der Waals surface area (Å²) in [6.07, 6.45) is 8.57. The predicted octanol–water partition coefficient (Wildman–Crippen LogP) is 2.75. The van der Waals surface area contributed by atoms with Crippen molar-refractivity contribution in [2.24, 2.45) is 5.84 Å². The second-order valence-corrected chi connectivity index (χ2v) is 5.26. The van der Waals surface area contributed by atoms with Crippen molar-refractivity contribution < 1.29 is 0 Å². The molecule has 0 amide bonds. The number of thioether (sulfide) groups is 1. The molecule has 1 rings (SSSR count). The number of nitrogens with zero attached hydrogens (tertiary/aromatic N) is 2. The van der Waals surface area contributed by atoms with Gasteiger partial charge in [0, 0.05) is 6.54 Å². The third-order valence-corrected chi connectivity index (χ3v) is 3.41. The van der Waals surface area contributed by atoms with Gasteiger partial charge < -0.3 is 5.32 Å². The summed E-state index contributed by atoms with van der Waals surface area (Å²) in [5.41, 5.74) is 2.40. The molecule has 7 heteroatoms. The van der Waals surface area contributed by atoms with E-state index in [0.717, 1.165) is 13.0 Å². The van der Waals surface area contributed by atoms with Crippen LogP contribution in [0, 0.1) is 0 Å². The van der Waals surface area contributed by atoms with Crippen molar-refractivity contribution in [3.05, 3.63) is 11.2 Å². The van der Waals surface area contributed by atoms with Crippen LogP contribution in [0.1, 0.15) is 25.7 Å². The summed E-state index contributed by atoms with van der Waals surface area (Å²) in [6, 6.07) is 0. The molecule has 0 radical (unpaired) electrons. The molecule has 1 heterocycles. The molecule has 18 heavy (non-hydrogen) atoms. The van der Waals surface area contributed by atoms with Crippen LogP contribution in [0.4, 0.5) is 11.8 Å². The largest absolute Gasteiger partial charge is 0.369 e. The van der Waals surface area contributed by atoms with Gasteiger partial charge in [-0.15, -0.1) is 0 Å². The van der Waals surface area contributed by atoms with Crippen molar-refractivity contribution in [3.63, 3.8) is 0 Å². The second-order valence-electron chi connectivity index (χ2n) is 3.87. The van der Waals surface area contributed by atoms with Crippen molar-refractivity contribution in [1.29, 1.82) is 0 Å². The molecule has 0 aliphatic carbocycles. The van der Waals surface area contributed by atoms with E-state index in [0.29, 0.717) is 16.8 Å². The van der Waals surface area contributed by atoms with Gasteiger partial charge in [-0.1, -0.05) is 24.4 Å². The number of hydrogen-bond donors (Lipinski definition) is 3. The van der Waals surface area contributed by atoms with Crippen LogP contribution in [0.3, 0.4) is 0 Å². The first-order valence-electron chi connectivity index (χ1n) is 6.00. The smallest absolute Gasteiger partial charge is 0.239 e. The highest BCUT2D eigenvalue weighted by atomic mass is 35.5. The van der Waals surface area contributed by atoms with Crippen LogP contribution in [0.15, 0.2) is 6.20 Å². The van der Waals surface area contributed by atoms with Gasteiger partial charge in [0.2, 0.25) is 5.95 Å². The molecule has 0 saturated heterocycles. The molecule has 0 atom stereocenters. The summed E-state index contributed by atoms with van der Waals surface area (Å²) in [7, 11) is 0. The SMILES string of the molecule is CSCCCCCCNc1nc(NN)ncc1Cl. The minimum Gasteiger partial charge on any atom is -0.369 e. The molecule has 0 fully saturated rings. The Balaban J connectivity index is 2.22. The van der Waals surface area contributed by atoms with Gasteiger partial charge in [0.15, 0.2) is 5.82 Å². The number of nitrogens with one attached hydrogen (secondary N) is 2. The molecule has 1 aromatic rings. The van der Waals surface area contributed by atoms with Gasteiger partial charge in [0.05, 0.1) is 6.20 Å². The summed E-state index contributed by atoms with van der Waals surface area (Å²) in [5, 5.41) is 3.71. The zero-order chi connectivity index (χ0) is 13.2. The fraction of sp³-hybridized carbons (Fsp3) is 0.636. The number of unbranched alkanes of at least 4 members (excludes halogenated alkanes) is 3. The van der Waals surface area contributed by atoms with E-state index >= 15 is 0 Å². The molecule has 0 aromatic carbocycles. The van der Waals surface area contributed by atoms with Crippen LogP contribution in [0.25, 0.3) is 0 Å². The van der Waals surface area contributed by atoms with Crippen LogP contribution in [0.2, 0.25) is 5.02 Å². The summed E-state index contributed by atoms with van der Waals surface area (Å²) in [5.74, 6) is 7.48. The maximum absolute atomic E-state index is 5.98. The van der Waals surface area contributed by atoms with E-state index in [9.17, 15) is 0 Å². The van der Waals surface area contributed by atoms with E-state index in [2.05, 4.69) is 27.0 Å². The molecular formula is C11H20ClN5S.